The highest BCUT2D eigenvalue weighted by Gasteiger charge is 2.25. The van der Waals surface area contributed by atoms with Crippen molar-refractivity contribution in [2.24, 2.45) is 17.6 Å². The molecule has 1 aromatic heterocycles. The number of hydrogen-bond donors (Lipinski definition) is 2. The van der Waals surface area contributed by atoms with Crippen LogP contribution in [0.3, 0.4) is 0 Å². The molecule has 6 nitrogen and oxygen atoms in total. The van der Waals surface area contributed by atoms with Crippen LogP contribution in [-0.2, 0) is 11.3 Å². The fourth-order valence-electron chi connectivity index (χ4n) is 2.50. The first-order chi connectivity index (χ1) is 10.1. The van der Waals surface area contributed by atoms with Gasteiger partial charge >= 0.3 is 0 Å². The standard InChI is InChI=1S/C15H25N5O/c1-11(2)6-17-7-12-8-18-15(19-9-12)20-5-3-4-13(10-20)14(16)21/h8-9,11,13,17H,3-7,10H2,1-2H3,(H2,16,21). The number of hydrogen-bond acceptors (Lipinski definition) is 5. The molecule has 3 N–H and O–H groups in total. The minimum absolute atomic E-state index is 0.0882. The van der Waals surface area contributed by atoms with Crippen molar-refractivity contribution >= 4 is 11.9 Å². The molecule has 2 rings (SSSR count). The molecule has 0 bridgehead atoms. The zero-order chi connectivity index (χ0) is 15.2. The van der Waals surface area contributed by atoms with Gasteiger partial charge in [0.2, 0.25) is 11.9 Å². The van der Waals surface area contributed by atoms with Crippen LogP contribution in [0.2, 0.25) is 0 Å². The van der Waals surface area contributed by atoms with E-state index in [0.717, 1.165) is 38.0 Å². The number of rotatable bonds is 6. The Labute approximate surface area is 126 Å². The molecule has 0 radical (unpaired) electrons. The van der Waals surface area contributed by atoms with Gasteiger partial charge in [0.05, 0.1) is 5.92 Å². The molecular weight excluding hydrogens is 266 g/mol. The van der Waals surface area contributed by atoms with Crippen molar-refractivity contribution in [2.45, 2.75) is 33.2 Å². The third-order valence-corrected chi connectivity index (χ3v) is 3.68. The predicted octanol–water partition coefficient (Wildman–Crippen LogP) is 0.924. The van der Waals surface area contributed by atoms with Gasteiger partial charge in [-0.2, -0.15) is 0 Å². The quantitative estimate of drug-likeness (QED) is 0.814. The van der Waals surface area contributed by atoms with Crippen LogP contribution in [0, 0.1) is 11.8 Å². The molecule has 0 aliphatic carbocycles. The van der Waals surface area contributed by atoms with Crippen molar-refractivity contribution < 1.29 is 4.79 Å². The molecular formula is C15H25N5O. The van der Waals surface area contributed by atoms with Gasteiger partial charge in [-0.05, 0) is 25.3 Å². The Hall–Kier alpha value is -1.69. The van der Waals surface area contributed by atoms with E-state index in [1.807, 2.05) is 17.3 Å². The first-order valence-electron chi connectivity index (χ1n) is 7.62. The Morgan fingerprint density at radius 2 is 2.19 bits per heavy atom. The lowest BCUT2D eigenvalue weighted by Gasteiger charge is -2.31. The molecule has 1 aliphatic heterocycles. The van der Waals surface area contributed by atoms with Gasteiger partial charge in [-0.15, -0.1) is 0 Å². The van der Waals surface area contributed by atoms with Crippen molar-refractivity contribution in [3.63, 3.8) is 0 Å². The zero-order valence-electron chi connectivity index (χ0n) is 12.9. The first kappa shape index (κ1) is 15.7. The molecule has 0 saturated carbocycles. The van der Waals surface area contributed by atoms with Gasteiger partial charge in [0.25, 0.3) is 0 Å². The Morgan fingerprint density at radius 1 is 1.48 bits per heavy atom. The maximum Gasteiger partial charge on any atom is 0.225 e. The van der Waals surface area contributed by atoms with Crippen molar-refractivity contribution in [1.82, 2.24) is 15.3 Å². The number of carbonyl (C=O) groups is 1. The zero-order valence-corrected chi connectivity index (χ0v) is 12.9. The van der Waals surface area contributed by atoms with E-state index in [-0.39, 0.29) is 11.8 Å². The van der Waals surface area contributed by atoms with Crippen molar-refractivity contribution in [3.05, 3.63) is 18.0 Å². The number of carbonyl (C=O) groups excluding carboxylic acids is 1. The van der Waals surface area contributed by atoms with Crippen molar-refractivity contribution in [1.29, 1.82) is 0 Å². The summed E-state index contributed by atoms with van der Waals surface area (Å²) in [5.74, 6) is 1.00. The average molecular weight is 291 g/mol. The predicted molar refractivity (Wildman–Crippen MR) is 82.7 cm³/mol. The number of nitrogens with zero attached hydrogens (tertiary/aromatic N) is 3. The second kappa shape index (κ2) is 7.36. The molecule has 1 atom stereocenters. The Bertz CT molecular complexity index is 460. The van der Waals surface area contributed by atoms with Crippen LogP contribution in [0.1, 0.15) is 32.3 Å². The van der Waals surface area contributed by atoms with Crippen LogP contribution in [0.15, 0.2) is 12.4 Å². The Morgan fingerprint density at radius 3 is 2.81 bits per heavy atom. The lowest BCUT2D eigenvalue weighted by molar-refractivity contribution is -0.122. The summed E-state index contributed by atoms with van der Waals surface area (Å²) in [6.07, 6.45) is 5.52. The van der Waals surface area contributed by atoms with E-state index < -0.39 is 0 Å². The number of amides is 1. The first-order valence-corrected chi connectivity index (χ1v) is 7.62. The molecule has 6 heteroatoms. The van der Waals surface area contributed by atoms with Crippen molar-refractivity contribution in [2.75, 3.05) is 24.5 Å². The Kier molecular flexibility index (Phi) is 5.50. The van der Waals surface area contributed by atoms with E-state index in [4.69, 9.17) is 5.73 Å². The summed E-state index contributed by atoms with van der Waals surface area (Å²) in [7, 11) is 0. The van der Waals surface area contributed by atoms with Gasteiger partial charge in [0, 0.05) is 37.6 Å². The number of piperidine rings is 1. The average Bonchev–Trinajstić information content (AvgIpc) is 2.48. The number of primary amides is 1. The topological polar surface area (TPSA) is 84.1 Å². The fraction of sp³-hybridized carbons (Fsp3) is 0.667. The molecule has 116 valence electrons. The van der Waals surface area contributed by atoms with E-state index in [0.29, 0.717) is 18.4 Å². The number of nitrogens with two attached hydrogens (primary N) is 1. The second-order valence-electron chi connectivity index (χ2n) is 6.10. The lowest BCUT2D eigenvalue weighted by atomic mass is 9.98. The highest BCUT2D eigenvalue weighted by atomic mass is 16.1. The summed E-state index contributed by atoms with van der Waals surface area (Å²) in [5.41, 5.74) is 6.47. The molecule has 1 aliphatic rings. The highest BCUT2D eigenvalue weighted by Crippen LogP contribution is 2.19. The van der Waals surface area contributed by atoms with E-state index >= 15 is 0 Å². The second-order valence-corrected chi connectivity index (χ2v) is 6.10. The minimum atomic E-state index is -0.228. The molecule has 1 saturated heterocycles. The Balaban J connectivity index is 1.90. The number of anilines is 1. The van der Waals surface area contributed by atoms with E-state index in [1.165, 1.54) is 0 Å². The summed E-state index contributed by atoms with van der Waals surface area (Å²) in [6, 6.07) is 0. The number of aromatic nitrogens is 2. The maximum absolute atomic E-state index is 11.3. The molecule has 2 heterocycles. The van der Waals surface area contributed by atoms with Gasteiger partial charge in [-0.3, -0.25) is 4.79 Å². The molecule has 21 heavy (non-hydrogen) atoms. The summed E-state index contributed by atoms with van der Waals surface area (Å²) >= 11 is 0. The maximum atomic E-state index is 11.3. The van der Waals surface area contributed by atoms with Crippen LogP contribution in [0.4, 0.5) is 5.95 Å². The van der Waals surface area contributed by atoms with Gasteiger partial charge in [0.1, 0.15) is 0 Å². The summed E-state index contributed by atoms with van der Waals surface area (Å²) in [6.45, 7) is 7.63. The normalized spacial score (nSPS) is 19.0. The van der Waals surface area contributed by atoms with Crippen LogP contribution >= 0.6 is 0 Å². The monoisotopic (exact) mass is 291 g/mol. The third kappa shape index (κ3) is 4.67. The van der Waals surface area contributed by atoms with Crippen LogP contribution in [0.25, 0.3) is 0 Å². The van der Waals surface area contributed by atoms with Crippen LogP contribution in [-0.4, -0.2) is 35.5 Å². The molecule has 0 spiro atoms. The fourth-order valence-corrected chi connectivity index (χ4v) is 2.50. The SMILES string of the molecule is CC(C)CNCc1cnc(N2CCCC(C(N)=O)C2)nc1. The summed E-state index contributed by atoms with van der Waals surface area (Å²) < 4.78 is 0. The van der Waals surface area contributed by atoms with Gasteiger partial charge in [-0.1, -0.05) is 13.8 Å². The van der Waals surface area contributed by atoms with E-state index in [9.17, 15) is 4.79 Å². The lowest BCUT2D eigenvalue weighted by Crippen LogP contribution is -2.41. The molecule has 1 aromatic rings. The van der Waals surface area contributed by atoms with Gasteiger partial charge in [0.15, 0.2) is 0 Å². The molecule has 1 amide bonds. The summed E-state index contributed by atoms with van der Waals surface area (Å²) in [4.78, 5) is 22.2. The van der Waals surface area contributed by atoms with Crippen LogP contribution in [0.5, 0.6) is 0 Å². The largest absolute Gasteiger partial charge is 0.369 e. The minimum Gasteiger partial charge on any atom is -0.369 e. The van der Waals surface area contributed by atoms with Gasteiger partial charge in [-0.25, -0.2) is 9.97 Å². The molecule has 0 aromatic carbocycles. The smallest absolute Gasteiger partial charge is 0.225 e. The van der Waals surface area contributed by atoms with E-state index in [2.05, 4.69) is 29.1 Å². The highest BCUT2D eigenvalue weighted by molar-refractivity contribution is 5.77. The molecule has 1 fully saturated rings. The van der Waals surface area contributed by atoms with Crippen LogP contribution < -0.4 is 16.0 Å². The third-order valence-electron chi connectivity index (χ3n) is 3.68. The van der Waals surface area contributed by atoms with E-state index in [1.54, 1.807) is 0 Å². The number of nitrogens with one attached hydrogen (secondary N) is 1. The van der Waals surface area contributed by atoms with Crippen molar-refractivity contribution in [3.8, 4) is 0 Å². The van der Waals surface area contributed by atoms with Gasteiger partial charge < -0.3 is 16.0 Å². The molecule has 1 unspecified atom stereocenters. The summed E-state index contributed by atoms with van der Waals surface area (Å²) in [5, 5.41) is 3.37.